The van der Waals surface area contributed by atoms with Gasteiger partial charge in [-0.2, -0.15) is 0 Å². The second-order valence-corrected chi connectivity index (χ2v) is 4.73. The first-order chi connectivity index (χ1) is 9.60. The van der Waals surface area contributed by atoms with Gasteiger partial charge in [0.25, 0.3) is 0 Å². The molecule has 0 radical (unpaired) electrons. The number of likely N-dealkylation sites (N-methyl/N-ethyl adjacent to an activating group) is 1. The molecule has 4 heteroatoms. The van der Waals surface area contributed by atoms with Crippen LogP contribution in [-0.2, 0) is 14.3 Å². The lowest BCUT2D eigenvalue weighted by Gasteiger charge is -2.20. The first-order valence-corrected chi connectivity index (χ1v) is 7.15. The molecule has 0 spiro atoms. The number of amides is 1. The summed E-state index contributed by atoms with van der Waals surface area (Å²) in [6.45, 7) is 6.61. The number of rotatable bonds is 6. The van der Waals surface area contributed by atoms with Gasteiger partial charge in [0.05, 0.1) is 6.61 Å². The summed E-state index contributed by atoms with van der Waals surface area (Å²) in [5, 5.41) is 0. The van der Waals surface area contributed by atoms with Gasteiger partial charge < -0.3 is 9.64 Å². The van der Waals surface area contributed by atoms with Crippen LogP contribution in [0.5, 0.6) is 0 Å². The molecule has 0 saturated carbocycles. The highest BCUT2D eigenvalue weighted by molar-refractivity contribution is 6.38. The Morgan fingerprint density at radius 2 is 1.95 bits per heavy atom. The summed E-state index contributed by atoms with van der Waals surface area (Å²) < 4.78 is 5.01. The van der Waals surface area contributed by atoms with E-state index < -0.39 is 11.9 Å². The standard InChI is InChI=1S/C16H23NO3/c1-4-6-7-11-20-16(19)15(18)17(5-2)14-10-8-9-13(3)12-14/h8-10,12H,4-7,11H2,1-3H3. The number of benzene rings is 1. The highest BCUT2D eigenvalue weighted by Gasteiger charge is 2.23. The number of hydrogen-bond donors (Lipinski definition) is 0. The Hall–Kier alpha value is -1.84. The van der Waals surface area contributed by atoms with Crippen LogP contribution in [0.15, 0.2) is 24.3 Å². The Labute approximate surface area is 120 Å². The van der Waals surface area contributed by atoms with E-state index in [1.165, 1.54) is 4.90 Å². The van der Waals surface area contributed by atoms with Crippen molar-refractivity contribution in [3.63, 3.8) is 0 Å². The third kappa shape index (κ3) is 4.68. The average molecular weight is 277 g/mol. The molecular formula is C16H23NO3. The second-order valence-electron chi connectivity index (χ2n) is 4.73. The van der Waals surface area contributed by atoms with Crippen LogP contribution in [0.25, 0.3) is 0 Å². The molecule has 110 valence electrons. The van der Waals surface area contributed by atoms with Gasteiger partial charge in [0, 0.05) is 12.2 Å². The quantitative estimate of drug-likeness (QED) is 0.456. The molecule has 1 rings (SSSR count). The van der Waals surface area contributed by atoms with E-state index in [0.29, 0.717) is 13.2 Å². The second kappa shape index (κ2) is 8.35. The molecule has 0 atom stereocenters. The molecule has 20 heavy (non-hydrogen) atoms. The first-order valence-electron chi connectivity index (χ1n) is 7.15. The van der Waals surface area contributed by atoms with E-state index in [4.69, 9.17) is 4.74 Å². The minimum atomic E-state index is -0.774. The molecule has 0 unspecified atom stereocenters. The largest absolute Gasteiger partial charge is 0.459 e. The van der Waals surface area contributed by atoms with Crippen LogP contribution >= 0.6 is 0 Å². The monoisotopic (exact) mass is 277 g/mol. The van der Waals surface area contributed by atoms with Gasteiger partial charge >= 0.3 is 11.9 Å². The lowest BCUT2D eigenvalue weighted by Crippen LogP contribution is -2.37. The van der Waals surface area contributed by atoms with Gasteiger partial charge in [-0.25, -0.2) is 4.79 Å². The normalized spacial score (nSPS) is 10.2. The van der Waals surface area contributed by atoms with E-state index in [9.17, 15) is 9.59 Å². The van der Waals surface area contributed by atoms with Crippen molar-refractivity contribution >= 4 is 17.6 Å². The van der Waals surface area contributed by atoms with Crippen molar-refractivity contribution in [3.05, 3.63) is 29.8 Å². The fraction of sp³-hybridized carbons (Fsp3) is 0.500. The maximum Gasteiger partial charge on any atom is 0.397 e. The highest BCUT2D eigenvalue weighted by atomic mass is 16.5. The van der Waals surface area contributed by atoms with Crippen molar-refractivity contribution in [1.82, 2.24) is 0 Å². The van der Waals surface area contributed by atoms with Gasteiger partial charge in [0.1, 0.15) is 0 Å². The fourth-order valence-electron chi connectivity index (χ4n) is 1.93. The van der Waals surface area contributed by atoms with E-state index in [0.717, 1.165) is 30.5 Å². The van der Waals surface area contributed by atoms with Gasteiger partial charge in [0.2, 0.25) is 0 Å². The number of hydrogen-bond acceptors (Lipinski definition) is 3. The van der Waals surface area contributed by atoms with Crippen LogP contribution < -0.4 is 4.90 Å². The van der Waals surface area contributed by atoms with Crippen LogP contribution in [-0.4, -0.2) is 25.0 Å². The summed E-state index contributed by atoms with van der Waals surface area (Å²) in [4.78, 5) is 25.3. The van der Waals surface area contributed by atoms with Crippen molar-refractivity contribution in [1.29, 1.82) is 0 Å². The maximum atomic E-state index is 12.1. The van der Waals surface area contributed by atoms with Crippen molar-refractivity contribution in [2.75, 3.05) is 18.1 Å². The zero-order valence-electron chi connectivity index (χ0n) is 12.5. The SMILES string of the molecule is CCCCCOC(=O)C(=O)N(CC)c1cccc(C)c1. The summed E-state index contributed by atoms with van der Waals surface area (Å²) in [6.07, 6.45) is 2.85. The van der Waals surface area contributed by atoms with Crippen LogP contribution in [0.1, 0.15) is 38.7 Å². The Balaban J connectivity index is 2.65. The summed E-state index contributed by atoms with van der Waals surface area (Å²) in [5.74, 6) is -1.38. The van der Waals surface area contributed by atoms with E-state index in [1.807, 2.05) is 38.1 Å². The van der Waals surface area contributed by atoms with Crippen molar-refractivity contribution in [2.24, 2.45) is 0 Å². The molecule has 0 aromatic heterocycles. The van der Waals surface area contributed by atoms with Gasteiger partial charge in [-0.1, -0.05) is 31.9 Å². The average Bonchev–Trinajstić information content (AvgIpc) is 2.44. The Kier molecular flexibility index (Phi) is 6.77. The Bertz CT molecular complexity index is 457. The zero-order valence-corrected chi connectivity index (χ0v) is 12.5. The molecule has 1 amide bonds. The van der Waals surface area contributed by atoms with Gasteiger partial charge in [-0.05, 0) is 38.0 Å². The van der Waals surface area contributed by atoms with E-state index in [2.05, 4.69) is 6.92 Å². The molecule has 0 bridgehead atoms. The first kappa shape index (κ1) is 16.2. The smallest absolute Gasteiger partial charge is 0.397 e. The van der Waals surface area contributed by atoms with Crippen molar-refractivity contribution in [3.8, 4) is 0 Å². The molecule has 4 nitrogen and oxygen atoms in total. The minimum Gasteiger partial charge on any atom is -0.459 e. The molecule has 0 saturated heterocycles. The van der Waals surface area contributed by atoms with Crippen LogP contribution in [0, 0.1) is 6.92 Å². The van der Waals surface area contributed by atoms with E-state index in [1.54, 1.807) is 0 Å². The molecule has 1 aromatic carbocycles. The molecule has 0 aliphatic carbocycles. The van der Waals surface area contributed by atoms with E-state index in [-0.39, 0.29) is 0 Å². The number of anilines is 1. The number of aryl methyl sites for hydroxylation is 1. The number of carbonyl (C=O) groups excluding carboxylic acids is 2. The number of esters is 1. The van der Waals surface area contributed by atoms with Crippen molar-refractivity contribution in [2.45, 2.75) is 40.0 Å². The Morgan fingerprint density at radius 1 is 1.20 bits per heavy atom. The third-order valence-electron chi connectivity index (χ3n) is 3.03. The maximum absolute atomic E-state index is 12.1. The third-order valence-corrected chi connectivity index (χ3v) is 3.03. The molecule has 1 aromatic rings. The predicted octanol–water partition coefficient (Wildman–Crippen LogP) is 3.08. The van der Waals surface area contributed by atoms with Crippen molar-refractivity contribution < 1.29 is 14.3 Å². The minimum absolute atomic E-state index is 0.309. The van der Waals surface area contributed by atoms with Crippen LogP contribution in [0.2, 0.25) is 0 Å². The number of carbonyl (C=O) groups is 2. The van der Waals surface area contributed by atoms with Gasteiger partial charge in [-0.3, -0.25) is 4.79 Å². The fourth-order valence-corrected chi connectivity index (χ4v) is 1.93. The summed E-state index contributed by atoms with van der Waals surface area (Å²) >= 11 is 0. The molecule has 0 aliphatic rings. The zero-order chi connectivity index (χ0) is 15.0. The summed E-state index contributed by atoms with van der Waals surface area (Å²) in [7, 11) is 0. The lowest BCUT2D eigenvalue weighted by molar-refractivity contribution is -0.153. The topological polar surface area (TPSA) is 46.6 Å². The number of unbranched alkanes of at least 4 members (excludes halogenated alkanes) is 2. The lowest BCUT2D eigenvalue weighted by atomic mass is 10.2. The highest BCUT2D eigenvalue weighted by Crippen LogP contribution is 2.16. The van der Waals surface area contributed by atoms with Gasteiger partial charge in [0.15, 0.2) is 0 Å². The molecular weight excluding hydrogens is 254 g/mol. The Morgan fingerprint density at radius 3 is 2.55 bits per heavy atom. The summed E-state index contributed by atoms with van der Waals surface area (Å²) in [5.41, 5.74) is 1.77. The number of nitrogens with zero attached hydrogens (tertiary/aromatic N) is 1. The van der Waals surface area contributed by atoms with Gasteiger partial charge in [-0.15, -0.1) is 0 Å². The molecule has 0 N–H and O–H groups in total. The molecule has 0 heterocycles. The summed E-state index contributed by atoms with van der Waals surface area (Å²) in [6, 6.07) is 7.52. The predicted molar refractivity (Wildman–Crippen MR) is 79.7 cm³/mol. The van der Waals surface area contributed by atoms with E-state index >= 15 is 0 Å². The van der Waals surface area contributed by atoms with Crippen LogP contribution in [0.3, 0.4) is 0 Å². The van der Waals surface area contributed by atoms with Crippen LogP contribution in [0.4, 0.5) is 5.69 Å². The number of ether oxygens (including phenoxy) is 1. The molecule has 0 fully saturated rings. The molecule has 0 aliphatic heterocycles.